The minimum atomic E-state index is -1.05. The van der Waals surface area contributed by atoms with Gasteiger partial charge < -0.3 is 10.2 Å². The highest BCUT2D eigenvalue weighted by Gasteiger charge is 2.10. The Balaban J connectivity index is 2.29. The Labute approximate surface area is 107 Å². The molecule has 6 heteroatoms. The third-order valence-corrected chi connectivity index (χ3v) is 2.55. The van der Waals surface area contributed by atoms with E-state index in [1.807, 2.05) is 0 Å². The molecule has 0 aliphatic heterocycles. The van der Waals surface area contributed by atoms with E-state index in [2.05, 4.69) is 5.43 Å². The number of nitrogens with one attached hydrogen (secondary N) is 1. The molecule has 0 heterocycles. The quantitative estimate of drug-likeness (QED) is 0.660. The van der Waals surface area contributed by atoms with Crippen LogP contribution in [0.3, 0.4) is 0 Å². The average Bonchev–Trinajstić information content (AvgIpc) is 2.35. The van der Waals surface area contributed by atoms with Crippen LogP contribution in [0.2, 0.25) is 5.02 Å². The third-order valence-electron chi connectivity index (χ3n) is 2.24. The number of ether oxygens (including phenoxy) is 1. The van der Waals surface area contributed by atoms with Crippen molar-refractivity contribution in [2.24, 2.45) is 5.84 Å². The largest absolute Gasteiger partial charge is 0.454 e. The number of hydrogen-bond acceptors (Lipinski definition) is 3. The molecule has 0 fully saturated rings. The summed E-state index contributed by atoms with van der Waals surface area (Å²) in [7, 11) is 0. The smallest absolute Gasteiger partial charge is 0.201 e. The molecular weight excluding hydrogens is 262 g/mol. The molecule has 0 saturated heterocycles. The molecule has 3 nitrogen and oxygen atoms in total. The van der Waals surface area contributed by atoms with E-state index in [1.54, 1.807) is 6.07 Å². The number of halogens is 3. The summed E-state index contributed by atoms with van der Waals surface area (Å²) in [5, 5.41) is 0.312. The fraction of sp³-hybridized carbons (Fsp3) is 0. The van der Waals surface area contributed by atoms with Gasteiger partial charge in [0.25, 0.3) is 0 Å². The average molecular weight is 271 g/mol. The van der Waals surface area contributed by atoms with E-state index in [-0.39, 0.29) is 11.5 Å². The summed E-state index contributed by atoms with van der Waals surface area (Å²) < 4.78 is 31.5. The fourth-order valence-corrected chi connectivity index (χ4v) is 1.59. The van der Waals surface area contributed by atoms with Crippen LogP contribution in [0.4, 0.5) is 14.5 Å². The zero-order valence-corrected chi connectivity index (χ0v) is 9.84. The Morgan fingerprint density at radius 2 is 1.94 bits per heavy atom. The van der Waals surface area contributed by atoms with E-state index in [9.17, 15) is 8.78 Å². The lowest BCUT2D eigenvalue weighted by molar-refractivity contribution is 0.416. The van der Waals surface area contributed by atoms with Crippen LogP contribution >= 0.6 is 11.6 Å². The first kappa shape index (κ1) is 12.6. The molecule has 18 heavy (non-hydrogen) atoms. The minimum absolute atomic E-state index is 0.209. The lowest BCUT2D eigenvalue weighted by Gasteiger charge is -2.09. The van der Waals surface area contributed by atoms with Crippen LogP contribution in [0.25, 0.3) is 0 Å². The number of hydrogen-bond donors (Lipinski definition) is 2. The van der Waals surface area contributed by atoms with Crippen LogP contribution in [0.15, 0.2) is 36.4 Å². The summed E-state index contributed by atoms with van der Waals surface area (Å²) in [6.07, 6.45) is 0. The van der Waals surface area contributed by atoms with Crippen molar-refractivity contribution in [1.82, 2.24) is 0 Å². The van der Waals surface area contributed by atoms with Crippen LogP contribution < -0.4 is 16.0 Å². The van der Waals surface area contributed by atoms with E-state index in [4.69, 9.17) is 22.2 Å². The monoisotopic (exact) mass is 270 g/mol. The molecule has 0 radical (unpaired) electrons. The van der Waals surface area contributed by atoms with Crippen molar-refractivity contribution in [2.45, 2.75) is 0 Å². The molecule has 2 aromatic rings. The number of anilines is 1. The first-order chi connectivity index (χ1) is 8.61. The van der Waals surface area contributed by atoms with Gasteiger partial charge in [0.15, 0.2) is 11.6 Å². The van der Waals surface area contributed by atoms with Gasteiger partial charge in [0.1, 0.15) is 5.75 Å². The van der Waals surface area contributed by atoms with Gasteiger partial charge in [-0.3, -0.25) is 5.84 Å². The Kier molecular flexibility index (Phi) is 3.64. The molecule has 0 spiro atoms. The van der Waals surface area contributed by atoms with Gasteiger partial charge >= 0.3 is 0 Å². The first-order valence-electron chi connectivity index (χ1n) is 5.00. The Bertz CT molecular complexity index is 578. The Morgan fingerprint density at radius 1 is 1.17 bits per heavy atom. The second-order valence-electron chi connectivity index (χ2n) is 3.44. The molecule has 0 saturated carbocycles. The number of nitrogen functional groups attached to an aromatic ring is 1. The molecular formula is C12H9ClF2N2O. The van der Waals surface area contributed by atoms with Crippen molar-refractivity contribution in [3.8, 4) is 11.5 Å². The van der Waals surface area contributed by atoms with Crippen LogP contribution in [-0.2, 0) is 0 Å². The van der Waals surface area contributed by atoms with Gasteiger partial charge in [0.2, 0.25) is 5.82 Å². The zero-order valence-electron chi connectivity index (χ0n) is 9.08. The highest BCUT2D eigenvalue weighted by atomic mass is 35.5. The van der Waals surface area contributed by atoms with Gasteiger partial charge in [0, 0.05) is 6.07 Å². The molecule has 0 atom stereocenters. The van der Waals surface area contributed by atoms with E-state index >= 15 is 0 Å². The topological polar surface area (TPSA) is 47.3 Å². The van der Waals surface area contributed by atoms with Crippen molar-refractivity contribution in [3.05, 3.63) is 53.1 Å². The molecule has 94 valence electrons. The van der Waals surface area contributed by atoms with Crippen LogP contribution in [0, 0.1) is 11.6 Å². The summed E-state index contributed by atoms with van der Waals surface area (Å²) >= 11 is 5.88. The second-order valence-corrected chi connectivity index (χ2v) is 3.85. The molecule has 0 aromatic heterocycles. The predicted molar refractivity (Wildman–Crippen MR) is 65.7 cm³/mol. The Morgan fingerprint density at radius 3 is 2.61 bits per heavy atom. The van der Waals surface area contributed by atoms with Gasteiger partial charge in [-0.05, 0) is 24.3 Å². The maximum absolute atomic E-state index is 13.4. The number of rotatable bonds is 3. The summed E-state index contributed by atoms with van der Waals surface area (Å²) in [6, 6.07) is 8.23. The second kappa shape index (κ2) is 5.20. The summed E-state index contributed by atoms with van der Waals surface area (Å²) in [4.78, 5) is 0. The number of benzene rings is 2. The molecule has 0 bridgehead atoms. The lowest BCUT2D eigenvalue weighted by atomic mass is 10.3. The first-order valence-corrected chi connectivity index (χ1v) is 5.37. The van der Waals surface area contributed by atoms with Crippen LogP contribution in [-0.4, -0.2) is 0 Å². The van der Waals surface area contributed by atoms with E-state index in [0.717, 1.165) is 6.07 Å². The maximum atomic E-state index is 13.4. The van der Waals surface area contributed by atoms with Gasteiger partial charge in [-0.25, -0.2) is 4.39 Å². The van der Waals surface area contributed by atoms with Gasteiger partial charge in [0.05, 0.1) is 10.7 Å². The summed E-state index contributed by atoms with van der Waals surface area (Å²) in [6.45, 7) is 0. The Hall–Kier alpha value is -1.85. The summed E-state index contributed by atoms with van der Waals surface area (Å²) in [5.41, 5.74) is 2.89. The van der Waals surface area contributed by atoms with Gasteiger partial charge in [-0.2, -0.15) is 4.39 Å². The standard InChI is InChI=1S/C12H9ClF2N2O/c13-8-6-7(4-5-10(8)17-16)18-11-3-1-2-9(14)12(11)15/h1-6,17H,16H2. The maximum Gasteiger partial charge on any atom is 0.201 e. The van der Waals surface area contributed by atoms with Crippen LogP contribution in [0.1, 0.15) is 0 Å². The fourth-order valence-electron chi connectivity index (χ4n) is 1.37. The number of nitrogens with two attached hydrogens (primary N) is 1. The molecule has 2 aromatic carbocycles. The highest BCUT2D eigenvalue weighted by molar-refractivity contribution is 6.33. The van der Waals surface area contributed by atoms with Gasteiger partial charge in [-0.15, -0.1) is 0 Å². The van der Waals surface area contributed by atoms with Crippen molar-refractivity contribution in [1.29, 1.82) is 0 Å². The number of hydrazine groups is 1. The predicted octanol–water partition coefficient (Wildman–Crippen LogP) is 3.70. The van der Waals surface area contributed by atoms with Crippen LogP contribution in [0.5, 0.6) is 11.5 Å². The highest BCUT2D eigenvalue weighted by Crippen LogP contribution is 2.30. The van der Waals surface area contributed by atoms with E-state index in [1.165, 1.54) is 24.3 Å². The van der Waals surface area contributed by atoms with Gasteiger partial charge in [-0.1, -0.05) is 17.7 Å². The van der Waals surface area contributed by atoms with Crippen molar-refractivity contribution in [2.75, 3.05) is 5.43 Å². The molecule has 2 rings (SSSR count). The normalized spacial score (nSPS) is 10.2. The minimum Gasteiger partial charge on any atom is -0.454 e. The lowest BCUT2D eigenvalue weighted by Crippen LogP contribution is -2.06. The zero-order chi connectivity index (χ0) is 13.1. The van der Waals surface area contributed by atoms with Crippen molar-refractivity contribution < 1.29 is 13.5 Å². The third kappa shape index (κ3) is 2.52. The molecule has 0 amide bonds. The molecule has 3 N–H and O–H groups in total. The van der Waals surface area contributed by atoms with E-state index < -0.39 is 11.6 Å². The summed E-state index contributed by atoms with van der Waals surface area (Å²) in [5.74, 6) is 3.26. The van der Waals surface area contributed by atoms with Crippen molar-refractivity contribution >= 4 is 17.3 Å². The van der Waals surface area contributed by atoms with Crippen molar-refractivity contribution in [3.63, 3.8) is 0 Å². The molecule has 0 unspecified atom stereocenters. The van der Waals surface area contributed by atoms with E-state index in [0.29, 0.717) is 10.7 Å². The molecule has 0 aliphatic carbocycles. The molecule has 0 aliphatic rings. The SMILES string of the molecule is NNc1ccc(Oc2cccc(F)c2F)cc1Cl.